The number of thioether (sulfide) groups is 1. The second kappa shape index (κ2) is 6.25. The number of hydrogen-bond donors (Lipinski definition) is 0. The van der Waals surface area contributed by atoms with Crippen molar-refractivity contribution in [3.8, 4) is 0 Å². The average Bonchev–Trinajstić information content (AvgIpc) is 3.06. The van der Waals surface area contributed by atoms with Gasteiger partial charge in [0.25, 0.3) is 10.0 Å². The van der Waals surface area contributed by atoms with E-state index in [1.165, 1.54) is 34.5 Å². The van der Waals surface area contributed by atoms with Gasteiger partial charge in [0.2, 0.25) is 0 Å². The van der Waals surface area contributed by atoms with Crippen LogP contribution >= 0.6 is 23.1 Å². The van der Waals surface area contributed by atoms with Crippen LogP contribution in [-0.4, -0.2) is 49.9 Å². The van der Waals surface area contributed by atoms with Gasteiger partial charge >= 0.3 is 5.97 Å². The van der Waals surface area contributed by atoms with E-state index < -0.39 is 10.0 Å². The van der Waals surface area contributed by atoms with Crippen molar-refractivity contribution in [3.05, 3.63) is 17.5 Å². The highest BCUT2D eigenvalue weighted by Crippen LogP contribution is 2.29. The molecule has 0 spiro atoms. The van der Waals surface area contributed by atoms with Crippen LogP contribution in [0, 0.1) is 0 Å². The Kier molecular flexibility index (Phi) is 4.88. The van der Waals surface area contributed by atoms with Crippen LogP contribution in [0.3, 0.4) is 0 Å². The lowest BCUT2D eigenvalue weighted by molar-refractivity contribution is -0.137. The summed E-state index contributed by atoms with van der Waals surface area (Å²) in [5.74, 6) is -0.00167. The minimum atomic E-state index is -3.35. The van der Waals surface area contributed by atoms with E-state index in [9.17, 15) is 13.2 Å². The second-order valence-corrected chi connectivity index (χ2v) is 8.49. The number of sulfonamides is 1. The lowest BCUT2D eigenvalue weighted by Gasteiger charge is -2.15. The Morgan fingerprint density at radius 3 is 3.05 bits per heavy atom. The summed E-state index contributed by atoms with van der Waals surface area (Å²) in [4.78, 5) is 11.1. The molecule has 0 radical (unpaired) electrons. The van der Waals surface area contributed by atoms with Gasteiger partial charge in [0.15, 0.2) is 0 Å². The summed E-state index contributed by atoms with van der Waals surface area (Å²) in [6.07, 6.45) is 0.770. The molecule has 1 unspecified atom stereocenters. The zero-order valence-electron chi connectivity index (χ0n) is 10.4. The summed E-state index contributed by atoms with van der Waals surface area (Å²) in [5, 5.41) is 1.92. The normalized spacial score (nSPS) is 20.6. The first-order valence-electron chi connectivity index (χ1n) is 5.76. The highest BCUT2D eigenvalue weighted by Gasteiger charge is 2.33. The van der Waals surface area contributed by atoms with Gasteiger partial charge in [-0.3, -0.25) is 4.79 Å². The fraction of sp³-hybridized carbons (Fsp3) is 0.545. The molecule has 0 aromatic carbocycles. The molecule has 19 heavy (non-hydrogen) atoms. The van der Waals surface area contributed by atoms with Gasteiger partial charge < -0.3 is 4.74 Å². The number of thiophene rings is 1. The van der Waals surface area contributed by atoms with Crippen LogP contribution in [0.2, 0.25) is 0 Å². The fourth-order valence-electron chi connectivity index (χ4n) is 1.83. The van der Waals surface area contributed by atoms with Crippen LogP contribution in [0.1, 0.15) is 6.42 Å². The van der Waals surface area contributed by atoms with Crippen molar-refractivity contribution in [2.75, 3.05) is 26.0 Å². The SMILES string of the molecule is COC(=O)CSC1CCN(S(=O)(=O)c2cccs2)C1. The van der Waals surface area contributed by atoms with Crippen molar-refractivity contribution in [1.29, 1.82) is 0 Å². The minimum absolute atomic E-state index is 0.161. The van der Waals surface area contributed by atoms with Gasteiger partial charge in [-0.25, -0.2) is 8.42 Å². The highest BCUT2D eigenvalue weighted by atomic mass is 32.2. The topological polar surface area (TPSA) is 63.7 Å². The van der Waals surface area contributed by atoms with Crippen molar-refractivity contribution < 1.29 is 17.9 Å². The number of hydrogen-bond acceptors (Lipinski definition) is 6. The molecule has 1 aromatic rings. The van der Waals surface area contributed by atoms with Crippen LogP contribution in [-0.2, 0) is 19.6 Å². The Balaban J connectivity index is 1.93. The van der Waals surface area contributed by atoms with E-state index in [0.717, 1.165) is 6.42 Å². The zero-order valence-corrected chi connectivity index (χ0v) is 12.9. The number of esters is 1. The van der Waals surface area contributed by atoms with Crippen molar-refractivity contribution in [1.82, 2.24) is 4.31 Å². The number of carbonyl (C=O) groups is 1. The Hall–Kier alpha value is -0.570. The third kappa shape index (κ3) is 3.50. The second-order valence-electron chi connectivity index (χ2n) is 4.09. The monoisotopic (exact) mass is 321 g/mol. The summed E-state index contributed by atoms with van der Waals surface area (Å²) in [7, 11) is -2.00. The number of carbonyl (C=O) groups excluding carboxylic acids is 1. The Bertz CT molecular complexity index is 526. The largest absolute Gasteiger partial charge is 0.468 e. The van der Waals surface area contributed by atoms with E-state index in [0.29, 0.717) is 17.3 Å². The van der Waals surface area contributed by atoms with Crippen LogP contribution in [0.4, 0.5) is 0 Å². The number of methoxy groups -OCH3 is 1. The molecular weight excluding hydrogens is 306 g/mol. The summed E-state index contributed by atoms with van der Waals surface area (Å²) < 4.78 is 31.0. The maximum atomic E-state index is 12.3. The van der Waals surface area contributed by atoms with Crippen LogP contribution in [0.25, 0.3) is 0 Å². The lowest BCUT2D eigenvalue weighted by atomic mass is 10.4. The van der Waals surface area contributed by atoms with E-state index >= 15 is 0 Å². The molecule has 5 nitrogen and oxygen atoms in total. The van der Waals surface area contributed by atoms with Crippen molar-refractivity contribution in [3.63, 3.8) is 0 Å². The van der Waals surface area contributed by atoms with E-state index in [2.05, 4.69) is 4.74 Å². The molecule has 1 atom stereocenters. The van der Waals surface area contributed by atoms with Crippen molar-refractivity contribution in [2.24, 2.45) is 0 Å². The maximum absolute atomic E-state index is 12.3. The Morgan fingerprint density at radius 2 is 2.42 bits per heavy atom. The quantitative estimate of drug-likeness (QED) is 0.768. The summed E-state index contributed by atoms with van der Waals surface area (Å²) in [6, 6.07) is 3.35. The van der Waals surface area contributed by atoms with Gasteiger partial charge in [0.1, 0.15) is 4.21 Å². The van der Waals surface area contributed by atoms with Gasteiger partial charge in [-0.1, -0.05) is 6.07 Å². The van der Waals surface area contributed by atoms with Crippen LogP contribution in [0.15, 0.2) is 21.7 Å². The predicted molar refractivity (Wildman–Crippen MR) is 76.0 cm³/mol. The smallest absolute Gasteiger partial charge is 0.315 e. The molecule has 0 bridgehead atoms. The molecule has 106 valence electrons. The van der Waals surface area contributed by atoms with E-state index in [1.54, 1.807) is 17.5 Å². The first kappa shape index (κ1) is 14.8. The van der Waals surface area contributed by atoms with Gasteiger partial charge in [0, 0.05) is 18.3 Å². The molecule has 0 amide bonds. The Labute approximate surface area is 121 Å². The maximum Gasteiger partial charge on any atom is 0.315 e. The first-order chi connectivity index (χ1) is 9.04. The molecule has 8 heteroatoms. The minimum Gasteiger partial charge on any atom is -0.468 e. The molecule has 2 heterocycles. The number of ether oxygens (including phenoxy) is 1. The van der Waals surface area contributed by atoms with Crippen molar-refractivity contribution in [2.45, 2.75) is 15.9 Å². The summed E-state index contributed by atoms with van der Waals surface area (Å²) in [5.41, 5.74) is 0. The molecule has 0 saturated carbocycles. The van der Waals surface area contributed by atoms with Gasteiger partial charge in [0.05, 0.1) is 12.9 Å². The molecular formula is C11H15NO4S3. The average molecular weight is 321 g/mol. The van der Waals surface area contributed by atoms with Crippen LogP contribution in [0.5, 0.6) is 0 Å². The molecule has 1 fully saturated rings. The Morgan fingerprint density at radius 1 is 1.63 bits per heavy atom. The molecule has 2 rings (SSSR count). The fourth-order valence-corrected chi connectivity index (χ4v) is 5.62. The summed E-state index contributed by atoms with van der Waals surface area (Å²) >= 11 is 2.69. The van der Waals surface area contributed by atoms with Crippen molar-refractivity contribution >= 4 is 39.1 Å². The van der Waals surface area contributed by atoms with E-state index in [1.807, 2.05) is 0 Å². The van der Waals surface area contributed by atoms with E-state index in [4.69, 9.17) is 0 Å². The molecule has 0 aliphatic carbocycles. The van der Waals surface area contributed by atoms with Gasteiger partial charge in [-0.05, 0) is 17.9 Å². The van der Waals surface area contributed by atoms with Gasteiger partial charge in [-0.15, -0.1) is 23.1 Å². The lowest BCUT2D eigenvalue weighted by Crippen LogP contribution is -2.28. The number of rotatable bonds is 5. The molecule has 1 aliphatic rings. The first-order valence-corrected chi connectivity index (χ1v) is 9.13. The summed E-state index contributed by atoms with van der Waals surface area (Å²) in [6.45, 7) is 0.973. The van der Waals surface area contributed by atoms with Gasteiger partial charge in [-0.2, -0.15) is 4.31 Å². The standard InChI is InChI=1S/C11H15NO4S3/c1-16-10(13)8-18-9-4-5-12(7-9)19(14,15)11-3-2-6-17-11/h2-3,6,9H,4-5,7-8H2,1H3. The van der Waals surface area contributed by atoms with E-state index in [-0.39, 0.29) is 17.0 Å². The number of nitrogens with zero attached hydrogens (tertiary/aromatic N) is 1. The zero-order chi connectivity index (χ0) is 13.9. The third-order valence-electron chi connectivity index (χ3n) is 2.86. The predicted octanol–water partition coefficient (Wildman–Crippen LogP) is 1.42. The highest BCUT2D eigenvalue weighted by molar-refractivity contribution is 8.00. The molecule has 1 aliphatic heterocycles. The van der Waals surface area contributed by atoms with Crippen LogP contribution < -0.4 is 0 Å². The third-order valence-corrected chi connectivity index (χ3v) is 7.36. The molecule has 0 N–H and O–H groups in total. The molecule has 1 aromatic heterocycles. The molecule has 1 saturated heterocycles.